The molecular formula is C19H17N5O3S. The summed E-state index contributed by atoms with van der Waals surface area (Å²) in [5, 5.41) is 21.8. The molecule has 1 amide bonds. The SMILES string of the molecule is CC[C@H](Sc1ncc(-c2ccccc2)nn1)C(=O)Nc1cccc([N+](=O)[O-])c1. The summed E-state index contributed by atoms with van der Waals surface area (Å²) in [7, 11) is 0. The second-order valence-corrected chi connectivity index (χ2v) is 6.97. The molecule has 9 heteroatoms. The smallest absolute Gasteiger partial charge is 0.271 e. The molecule has 1 heterocycles. The number of nitro benzene ring substituents is 1. The Morgan fingerprint density at radius 1 is 1.18 bits per heavy atom. The Balaban J connectivity index is 1.67. The van der Waals surface area contributed by atoms with Crippen molar-refractivity contribution in [3.63, 3.8) is 0 Å². The van der Waals surface area contributed by atoms with Crippen LogP contribution in [-0.2, 0) is 4.79 Å². The first-order valence-electron chi connectivity index (χ1n) is 8.54. The van der Waals surface area contributed by atoms with Crippen LogP contribution in [0.2, 0.25) is 0 Å². The number of hydrogen-bond acceptors (Lipinski definition) is 7. The minimum Gasteiger partial charge on any atom is -0.325 e. The molecule has 0 aliphatic carbocycles. The highest BCUT2D eigenvalue weighted by atomic mass is 32.2. The zero-order chi connectivity index (χ0) is 19.9. The van der Waals surface area contributed by atoms with Crippen LogP contribution in [0.25, 0.3) is 11.3 Å². The van der Waals surface area contributed by atoms with Gasteiger partial charge < -0.3 is 5.32 Å². The van der Waals surface area contributed by atoms with Crippen molar-refractivity contribution in [3.8, 4) is 11.3 Å². The molecule has 0 saturated carbocycles. The van der Waals surface area contributed by atoms with E-state index in [-0.39, 0.29) is 11.6 Å². The van der Waals surface area contributed by atoms with Crippen molar-refractivity contribution >= 4 is 29.0 Å². The molecular weight excluding hydrogens is 378 g/mol. The Hall–Kier alpha value is -3.33. The van der Waals surface area contributed by atoms with Crippen LogP contribution in [0.1, 0.15) is 13.3 Å². The number of aromatic nitrogens is 3. The van der Waals surface area contributed by atoms with Crippen molar-refractivity contribution in [1.82, 2.24) is 15.2 Å². The van der Waals surface area contributed by atoms with E-state index in [4.69, 9.17) is 0 Å². The molecule has 3 rings (SSSR count). The van der Waals surface area contributed by atoms with Gasteiger partial charge in [0.05, 0.1) is 16.4 Å². The van der Waals surface area contributed by atoms with Crippen molar-refractivity contribution in [1.29, 1.82) is 0 Å². The highest BCUT2D eigenvalue weighted by Crippen LogP contribution is 2.25. The second kappa shape index (κ2) is 9.05. The van der Waals surface area contributed by atoms with E-state index >= 15 is 0 Å². The average Bonchev–Trinajstić information content (AvgIpc) is 2.73. The van der Waals surface area contributed by atoms with E-state index in [1.54, 1.807) is 12.3 Å². The van der Waals surface area contributed by atoms with E-state index in [0.29, 0.717) is 23.0 Å². The summed E-state index contributed by atoms with van der Waals surface area (Å²) in [6.07, 6.45) is 2.16. The number of nitrogens with zero attached hydrogens (tertiary/aromatic N) is 4. The summed E-state index contributed by atoms with van der Waals surface area (Å²) in [6.45, 7) is 1.87. The van der Waals surface area contributed by atoms with Crippen molar-refractivity contribution in [3.05, 3.63) is 70.9 Å². The monoisotopic (exact) mass is 395 g/mol. The fourth-order valence-corrected chi connectivity index (χ4v) is 3.22. The van der Waals surface area contributed by atoms with Gasteiger partial charge in [-0.05, 0) is 12.5 Å². The van der Waals surface area contributed by atoms with Crippen LogP contribution in [0.15, 0.2) is 66.0 Å². The van der Waals surface area contributed by atoms with E-state index < -0.39 is 10.2 Å². The molecule has 1 aromatic heterocycles. The van der Waals surface area contributed by atoms with Crippen molar-refractivity contribution in [2.24, 2.45) is 0 Å². The molecule has 0 aliphatic rings. The van der Waals surface area contributed by atoms with Gasteiger partial charge in [0.25, 0.3) is 5.69 Å². The first-order chi connectivity index (χ1) is 13.6. The number of non-ortho nitro benzene ring substituents is 1. The topological polar surface area (TPSA) is 111 Å². The largest absolute Gasteiger partial charge is 0.325 e. The van der Waals surface area contributed by atoms with Gasteiger partial charge in [0.15, 0.2) is 0 Å². The van der Waals surface area contributed by atoms with Gasteiger partial charge in [-0.15, -0.1) is 10.2 Å². The number of carbonyl (C=O) groups is 1. The highest BCUT2D eigenvalue weighted by molar-refractivity contribution is 8.00. The molecule has 0 fully saturated rings. The lowest BCUT2D eigenvalue weighted by molar-refractivity contribution is -0.384. The van der Waals surface area contributed by atoms with Crippen LogP contribution in [0.5, 0.6) is 0 Å². The zero-order valence-electron chi connectivity index (χ0n) is 15.0. The quantitative estimate of drug-likeness (QED) is 0.366. The first-order valence-corrected chi connectivity index (χ1v) is 9.42. The lowest BCUT2D eigenvalue weighted by Crippen LogP contribution is -2.24. The third-order valence-corrected chi connectivity index (χ3v) is 5.08. The molecule has 28 heavy (non-hydrogen) atoms. The molecule has 3 aromatic rings. The molecule has 0 bridgehead atoms. The number of benzene rings is 2. The van der Waals surface area contributed by atoms with Gasteiger partial charge in [-0.2, -0.15) is 0 Å². The lowest BCUT2D eigenvalue weighted by Gasteiger charge is -2.13. The Kier molecular flexibility index (Phi) is 6.28. The first kappa shape index (κ1) is 19.4. The summed E-state index contributed by atoms with van der Waals surface area (Å²) in [5.41, 5.74) is 1.85. The number of nitro groups is 1. The van der Waals surface area contributed by atoms with Gasteiger partial charge in [-0.1, -0.05) is 55.1 Å². The normalized spacial score (nSPS) is 11.6. The lowest BCUT2D eigenvalue weighted by atomic mass is 10.2. The number of nitrogens with one attached hydrogen (secondary N) is 1. The molecule has 8 nitrogen and oxygen atoms in total. The van der Waals surface area contributed by atoms with E-state index in [2.05, 4.69) is 20.5 Å². The van der Waals surface area contributed by atoms with Gasteiger partial charge >= 0.3 is 0 Å². The number of hydrogen-bond donors (Lipinski definition) is 1. The minimum atomic E-state index is -0.504. The fourth-order valence-electron chi connectivity index (χ4n) is 2.43. The predicted octanol–water partition coefficient (Wildman–Crippen LogP) is 3.96. The Morgan fingerprint density at radius 3 is 2.61 bits per heavy atom. The summed E-state index contributed by atoms with van der Waals surface area (Å²) >= 11 is 1.20. The number of anilines is 1. The summed E-state index contributed by atoms with van der Waals surface area (Å²) < 4.78 is 0. The maximum absolute atomic E-state index is 12.5. The summed E-state index contributed by atoms with van der Waals surface area (Å²) in [5.74, 6) is -0.274. The molecule has 1 atom stereocenters. The number of carbonyl (C=O) groups excluding carboxylic acids is 1. The summed E-state index contributed by atoms with van der Waals surface area (Å²) in [6, 6.07) is 15.4. The van der Waals surface area contributed by atoms with Gasteiger partial charge in [0, 0.05) is 23.4 Å². The Morgan fingerprint density at radius 2 is 1.96 bits per heavy atom. The zero-order valence-corrected chi connectivity index (χ0v) is 15.8. The molecule has 0 spiro atoms. The molecule has 0 radical (unpaired) electrons. The van der Waals surface area contributed by atoms with Crippen molar-refractivity contribution in [2.75, 3.05) is 5.32 Å². The predicted molar refractivity (Wildman–Crippen MR) is 107 cm³/mol. The minimum absolute atomic E-state index is 0.0810. The molecule has 2 aromatic carbocycles. The van der Waals surface area contributed by atoms with Gasteiger partial charge in [0.2, 0.25) is 11.1 Å². The van der Waals surface area contributed by atoms with Crippen molar-refractivity contribution in [2.45, 2.75) is 23.8 Å². The van der Waals surface area contributed by atoms with E-state index in [0.717, 1.165) is 5.56 Å². The van der Waals surface area contributed by atoms with Crippen LogP contribution in [0.4, 0.5) is 11.4 Å². The Bertz CT molecular complexity index is 967. The number of rotatable bonds is 7. The van der Waals surface area contributed by atoms with Gasteiger partial charge in [-0.25, -0.2) is 4.98 Å². The fraction of sp³-hybridized carbons (Fsp3) is 0.158. The van der Waals surface area contributed by atoms with Crippen LogP contribution in [0.3, 0.4) is 0 Å². The van der Waals surface area contributed by atoms with Crippen LogP contribution in [0, 0.1) is 10.1 Å². The van der Waals surface area contributed by atoms with E-state index in [9.17, 15) is 14.9 Å². The molecule has 0 aliphatic heterocycles. The number of amides is 1. The maximum atomic E-state index is 12.5. The Labute approximate surface area is 165 Å². The molecule has 1 N–H and O–H groups in total. The third-order valence-electron chi connectivity index (χ3n) is 3.85. The highest BCUT2D eigenvalue weighted by Gasteiger charge is 2.20. The molecule has 142 valence electrons. The standard InChI is InChI=1S/C19H17N5O3S/c1-2-17(18(25)21-14-9-6-10-15(11-14)24(26)27)28-19-20-12-16(22-23-19)13-7-4-3-5-8-13/h3-12,17H,2H2,1H3,(H,21,25)/t17-/m0/s1. The van der Waals surface area contributed by atoms with Crippen LogP contribution >= 0.6 is 11.8 Å². The van der Waals surface area contributed by atoms with Crippen molar-refractivity contribution < 1.29 is 9.72 Å². The van der Waals surface area contributed by atoms with Gasteiger partial charge in [-0.3, -0.25) is 14.9 Å². The van der Waals surface area contributed by atoms with Gasteiger partial charge in [0.1, 0.15) is 5.69 Å². The molecule has 0 unspecified atom stereocenters. The maximum Gasteiger partial charge on any atom is 0.271 e. The van der Waals surface area contributed by atoms with E-state index in [1.807, 2.05) is 37.3 Å². The van der Waals surface area contributed by atoms with Crippen LogP contribution in [-0.4, -0.2) is 31.3 Å². The summed E-state index contributed by atoms with van der Waals surface area (Å²) in [4.78, 5) is 27.2. The molecule has 0 saturated heterocycles. The van der Waals surface area contributed by atoms with E-state index in [1.165, 1.54) is 30.0 Å². The second-order valence-electron chi connectivity index (χ2n) is 5.80. The van der Waals surface area contributed by atoms with Crippen LogP contribution < -0.4 is 5.32 Å². The number of thioether (sulfide) groups is 1. The average molecular weight is 395 g/mol. The third kappa shape index (κ3) is 4.89.